The second-order valence-electron chi connectivity index (χ2n) is 5.05. The predicted molar refractivity (Wildman–Crippen MR) is 62.6 cm³/mol. The van der Waals surface area contributed by atoms with Crippen LogP contribution in [0.3, 0.4) is 0 Å². The molecule has 0 aromatic heterocycles. The van der Waals surface area contributed by atoms with Crippen molar-refractivity contribution in [3.8, 4) is 0 Å². The zero-order valence-electron chi connectivity index (χ0n) is 10.6. The molecular formula is C11H23N3O2. The molecule has 1 aliphatic rings. The Hall–Kier alpha value is -0.650. The molecular weight excluding hydrogens is 206 g/mol. The fourth-order valence-corrected chi connectivity index (χ4v) is 2.45. The van der Waals surface area contributed by atoms with Crippen molar-refractivity contribution in [1.82, 2.24) is 10.3 Å². The molecule has 0 aromatic carbocycles. The monoisotopic (exact) mass is 229 g/mol. The van der Waals surface area contributed by atoms with Crippen molar-refractivity contribution in [2.45, 2.75) is 51.9 Å². The summed E-state index contributed by atoms with van der Waals surface area (Å²) in [5.74, 6) is 5.08. The van der Waals surface area contributed by atoms with Gasteiger partial charge in [-0.05, 0) is 27.2 Å². The molecule has 1 saturated heterocycles. The third-order valence-corrected chi connectivity index (χ3v) is 2.87. The Morgan fingerprint density at radius 2 is 2.31 bits per heavy atom. The van der Waals surface area contributed by atoms with E-state index in [0.29, 0.717) is 0 Å². The first-order chi connectivity index (χ1) is 7.39. The van der Waals surface area contributed by atoms with E-state index in [1.807, 2.05) is 27.7 Å². The molecule has 94 valence electrons. The molecule has 1 amide bonds. The van der Waals surface area contributed by atoms with E-state index in [1.165, 1.54) is 0 Å². The molecule has 16 heavy (non-hydrogen) atoms. The van der Waals surface area contributed by atoms with Crippen LogP contribution in [0.5, 0.6) is 0 Å². The third kappa shape index (κ3) is 3.17. The van der Waals surface area contributed by atoms with E-state index in [9.17, 15) is 4.79 Å². The summed E-state index contributed by atoms with van der Waals surface area (Å²) < 4.78 is 5.81. The third-order valence-electron chi connectivity index (χ3n) is 2.87. The summed E-state index contributed by atoms with van der Waals surface area (Å²) in [5, 5.41) is 0. The lowest BCUT2D eigenvalue weighted by molar-refractivity contribution is -0.149. The van der Waals surface area contributed by atoms with Crippen LogP contribution >= 0.6 is 0 Å². The van der Waals surface area contributed by atoms with Crippen LogP contribution in [0.15, 0.2) is 0 Å². The Labute approximate surface area is 97.3 Å². The van der Waals surface area contributed by atoms with E-state index in [4.69, 9.17) is 10.6 Å². The first kappa shape index (κ1) is 13.4. The number of nitrogens with two attached hydrogens (primary N) is 1. The van der Waals surface area contributed by atoms with Gasteiger partial charge in [-0.2, -0.15) is 0 Å². The van der Waals surface area contributed by atoms with E-state index < -0.39 is 0 Å². The van der Waals surface area contributed by atoms with Crippen LogP contribution in [0.4, 0.5) is 0 Å². The summed E-state index contributed by atoms with van der Waals surface area (Å²) in [6, 6.07) is -0.157. The summed E-state index contributed by atoms with van der Waals surface area (Å²) in [6.45, 7) is 9.64. The number of carbonyl (C=O) groups excluding carboxylic acids is 1. The van der Waals surface area contributed by atoms with Crippen molar-refractivity contribution in [3.63, 3.8) is 0 Å². The van der Waals surface area contributed by atoms with Gasteiger partial charge in [-0.1, -0.05) is 6.92 Å². The standard InChI is InChI=1S/C11H23N3O2/c1-5-9(10(15)13-12)14-6-8(2)16-11(3,4)7-14/h8-9H,5-7,12H2,1-4H3,(H,13,15). The average molecular weight is 229 g/mol. The molecule has 1 fully saturated rings. The van der Waals surface area contributed by atoms with Gasteiger partial charge in [-0.15, -0.1) is 0 Å². The fourth-order valence-electron chi connectivity index (χ4n) is 2.45. The maximum atomic E-state index is 11.6. The highest BCUT2D eigenvalue weighted by molar-refractivity contribution is 5.81. The van der Waals surface area contributed by atoms with Gasteiger partial charge in [0.25, 0.3) is 5.91 Å². The number of rotatable bonds is 3. The van der Waals surface area contributed by atoms with E-state index >= 15 is 0 Å². The Morgan fingerprint density at radius 3 is 2.75 bits per heavy atom. The van der Waals surface area contributed by atoms with Gasteiger partial charge in [0.15, 0.2) is 0 Å². The van der Waals surface area contributed by atoms with Gasteiger partial charge < -0.3 is 4.74 Å². The molecule has 2 unspecified atom stereocenters. The maximum Gasteiger partial charge on any atom is 0.251 e. The van der Waals surface area contributed by atoms with Crippen molar-refractivity contribution >= 4 is 5.91 Å². The molecule has 1 heterocycles. The zero-order valence-corrected chi connectivity index (χ0v) is 10.6. The number of hydrazine groups is 1. The largest absolute Gasteiger partial charge is 0.370 e. The molecule has 5 heteroatoms. The average Bonchev–Trinajstić information content (AvgIpc) is 2.15. The van der Waals surface area contributed by atoms with Crippen LogP contribution in [0.25, 0.3) is 0 Å². The molecule has 0 aliphatic carbocycles. The summed E-state index contributed by atoms with van der Waals surface area (Å²) in [6.07, 6.45) is 0.898. The number of hydrogen-bond acceptors (Lipinski definition) is 4. The Kier molecular flexibility index (Phi) is 4.29. The number of carbonyl (C=O) groups is 1. The molecule has 1 aliphatic heterocycles. The minimum absolute atomic E-state index is 0.118. The van der Waals surface area contributed by atoms with Crippen molar-refractivity contribution in [2.75, 3.05) is 13.1 Å². The highest BCUT2D eigenvalue weighted by Gasteiger charge is 2.36. The number of nitrogens with zero attached hydrogens (tertiary/aromatic N) is 1. The van der Waals surface area contributed by atoms with E-state index in [0.717, 1.165) is 19.5 Å². The van der Waals surface area contributed by atoms with Gasteiger partial charge in [0.1, 0.15) is 0 Å². The number of nitrogens with one attached hydrogen (secondary N) is 1. The molecule has 0 saturated carbocycles. The van der Waals surface area contributed by atoms with Crippen molar-refractivity contribution in [3.05, 3.63) is 0 Å². The van der Waals surface area contributed by atoms with Gasteiger partial charge in [0.05, 0.1) is 17.7 Å². The van der Waals surface area contributed by atoms with Gasteiger partial charge in [-0.25, -0.2) is 5.84 Å². The normalized spacial score (nSPS) is 27.4. The number of morpholine rings is 1. The number of amides is 1. The number of hydrogen-bond donors (Lipinski definition) is 2. The molecule has 0 aromatic rings. The van der Waals surface area contributed by atoms with Crippen LogP contribution < -0.4 is 11.3 Å². The lowest BCUT2D eigenvalue weighted by Gasteiger charge is -2.44. The number of ether oxygens (including phenoxy) is 1. The van der Waals surface area contributed by atoms with E-state index in [1.54, 1.807) is 0 Å². The minimum atomic E-state index is -0.208. The molecule has 0 bridgehead atoms. The molecule has 0 radical (unpaired) electrons. The van der Waals surface area contributed by atoms with Gasteiger partial charge >= 0.3 is 0 Å². The lowest BCUT2D eigenvalue weighted by atomic mass is 10.0. The summed E-state index contributed by atoms with van der Waals surface area (Å²) in [7, 11) is 0. The second-order valence-corrected chi connectivity index (χ2v) is 5.05. The smallest absolute Gasteiger partial charge is 0.251 e. The highest BCUT2D eigenvalue weighted by Crippen LogP contribution is 2.23. The molecule has 2 atom stereocenters. The molecule has 1 rings (SSSR count). The maximum absolute atomic E-state index is 11.6. The summed E-state index contributed by atoms with van der Waals surface area (Å²) in [4.78, 5) is 13.8. The van der Waals surface area contributed by atoms with Crippen LogP contribution in [0, 0.1) is 0 Å². The summed E-state index contributed by atoms with van der Waals surface area (Å²) in [5.41, 5.74) is 2.03. The van der Waals surface area contributed by atoms with Crippen LogP contribution in [-0.4, -0.2) is 41.6 Å². The van der Waals surface area contributed by atoms with Crippen LogP contribution in [0.2, 0.25) is 0 Å². The summed E-state index contributed by atoms with van der Waals surface area (Å²) >= 11 is 0. The molecule has 3 N–H and O–H groups in total. The SMILES string of the molecule is CCC(C(=O)NN)N1CC(C)OC(C)(C)C1. The Morgan fingerprint density at radius 1 is 1.69 bits per heavy atom. The van der Waals surface area contributed by atoms with Crippen LogP contribution in [-0.2, 0) is 9.53 Å². The first-order valence-corrected chi connectivity index (χ1v) is 5.82. The lowest BCUT2D eigenvalue weighted by Crippen LogP contribution is -2.59. The fraction of sp³-hybridized carbons (Fsp3) is 0.909. The first-order valence-electron chi connectivity index (χ1n) is 5.82. The van der Waals surface area contributed by atoms with Crippen LogP contribution in [0.1, 0.15) is 34.1 Å². The van der Waals surface area contributed by atoms with E-state index in [-0.39, 0.29) is 23.7 Å². The Balaban J connectivity index is 2.73. The second kappa shape index (κ2) is 5.12. The van der Waals surface area contributed by atoms with Gasteiger partial charge in [0.2, 0.25) is 0 Å². The zero-order chi connectivity index (χ0) is 12.3. The van der Waals surface area contributed by atoms with Crippen molar-refractivity contribution < 1.29 is 9.53 Å². The van der Waals surface area contributed by atoms with E-state index in [2.05, 4.69) is 10.3 Å². The topological polar surface area (TPSA) is 67.6 Å². The highest BCUT2D eigenvalue weighted by atomic mass is 16.5. The quantitative estimate of drug-likeness (QED) is 0.414. The minimum Gasteiger partial charge on any atom is -0.370 e. The van der Waals surface area contributed by atoms with Crippen molar-refractivity contribution in [2.24, 2.45) is 5.84 Å². The molecule has 0 spiro atoms. The van der Waals surface area contributed by atoms with Gasteiger partial charge in [-0.3, -0.25) is 15.1 Å². The Bertz CT molecular complexity index is 256. The van der Waals surface area contributed by atoms with Gasteiger partial charge in [0, 0.05) is 13.1 Å². The van der Waals surface area contributed by atoms with Crippen molar-refractivity contribution in [1.29, 1.82) is 0 Å². The molecule has 5 nitrogen and oxygen atoms in total. The predicted octanol–water partition coefficient (Wildman–Crippen LogP) is 0.254.